The maximum atomic E-state index is 13.3. The summed E-state index contributed by atoms with van der Waals surface area (Å²) >= 11 is 0. The van der Waals surface area contributed by atoms with Crippen molar-refractivity contribution in [2.24, 2.45) is 5.41 Å². The summed E-state index contributed by atoms with van der Waals surface area (Å²) in [5.41, 5.74) is 0.358. The quantitative estimate of drug-likeness (QED) is 0.830. The molecule has 1 amide bonds. The van der Waals surface area contributed by atoms with E-state index in [1.165, 1.54) is 12.1 Å². The predicted molar refractivity (Wildman–Crippen MR) is 62.1 cm³/mol. The number of nitriles is 1. The molecule has 1 saturated heterocycles. The van der Waals surface area contributed by atoms with Crippen LogP contribution in [0.2, 0.25) is 0 Å². The van der Waals surface area contributed by atoms with Gasteiger partial charge in [0.25, 0.3) is 0 Å². The molecule has 5 heteroatoms. The first-order valence-electron chi connectivity index (χ1n) is 5.57. The number of hydrogen-bond acceptors (Lipinski definition) is 3. The summed E-state index contributed by atoms with van der Waals surface area (Å²) in [6.45, 7) is 4.15. The van der Waals surface area contributed by atoms with Crippen molar-refractivity contribution >= 4 is 6.09 Å². The monoisotopic (exact) mass is 248 g/mol. The average molecular weight is 248 g/mol. The molecule has 0 spiro atoms. The number of nitrogens with one attached hydrogen (secondary N) is 1. The normalized spacial score (nSPS) is 21.7. The SMILES string of the molecule is CC1(C)COC(=O)N[C@H]1c1ccc(F)c(C#N)c1. The Bertz CT molecular complexity index is 534. The first-order chi connectivity index (χ1) is 8.44. The van der Waals surface area contributed by atoms with Crippen LogP contribution in [-0.2, 0) is 4.74 Å². The largest absolute Gasteiger partial charge is 0.449 e. The van der Waals surface area contributed by atoms with Crippen molar-refractivity contribution in [2.45, 2.75) is 19.9 Å². The summed E-state index contributed by atoms with van der Waals surface area (Å²) in [5, 5.41) is 11.5. The lowest BCUT2D eigenvalue weighted by molar-refractivity contribution is 0.0387. The van der Waals surface area contributed by atoms with Crippen LogP contribution in [0.15, 0.2) is 18.2 Å². The second-order valence-electron chi connectivity index (χ2n) is 4.99. The van der Waals surface area contributed by atoms with E-state index in [4.69, 9.17) is 10.00 Å². The van der Waals surface area contributed by atoms with Crippen LogP contribution in [0.5, 0.6) is 0 Å². The van der Waals surface area contributed by atoms with Crippen LogP contribution in [0.25, 0.3) is 0 Å². The Balaban J connectivity index is 2.41. The third-order valence-electron chi connectivity index (χ3n) is 3.06. The molecule has 0 aromatic heterocycles. The van der Waals surface area contributed by atoms with Gasteiger partial charge in [0.1, 0.15) is 18.5 Å². The van der Waals surface area contributed by atoms with Gasteiger partial charge >= 0.3 is 6.09 Å². The summed E-state index contributed by atoms with van der Waals surface area (Å²) in [4.78, 5) is 11.3. The first kappa shape index (κ1) is 12.4. The molecule has 1 fully saturated rings. The summed E-state index contributed by atoms with van der Waals surface area (Å²) in [6.07, 6.45) is -0.498. The Morgan fingerprint density at radius 2 is 2.28 bits per heavy atom. The molecule has 1 atom stereocenters. The van der Waals surface area contributed by atoms with Gasteiger partial charge in [-0.3, -0.25) is 0 Å². The third kappa shape index (κ3) is 2.14. The van der Waals surface area contributed by atoms with E-state index in [0.29, 0.717) is 5.56 Å². The highest BCUT2D eigenvalue weighted by molar-refractivity contribution is 5.69. The minimum atomic E-state index is -0.558. The highest BCUT2D eigenvalue weighted by Crippen LogP contribution is 2.36. The number of benzene rings is 1. The zero-order valence-electron chi connectivity index (χ0n) is 10.2. The third-order valence-corrected chi connectivity index (χ3v) is 3.06. The second-order valence-corrected chi connectivity index (χ2v) is 4.99. The summed E-state index contributed by atoms with van der Waals surface area (Å²) in [6, 6.07) is 5.78. The first-order valence-corrected chi connectivity index (χ1v) is 5.57. The van der Waals surface area contributed by atoms with Gasteiger partial charge in [0.15, 0.2) is 0 Å². The van der Waals surface area contributed by atoms with Crippen LogP contribution in [0.3, 0.4) is 0 Å². The van der Waals surface area contributed by atoms with Crippen LogP contribution in [-0.4, -0.2) is 12.7 Å². The van der Waals surface area contributed by atoms with Crippen LogP contribution in [0.4, 0.5) is 9.18 Å². The van der Waals surface area contributed by atoms with E-state index in [1.807, 2.05) is 13.8 Å². The van der Waals surface area contributed by atoms with Gasteiger partial charge in [-0.2, -0.15) is 5.26 Å². The molecule has 1 heterocycles. The molecule has 94 valence electrons. The molecular formula is C13H13FN2O2. The van der Waals surface area contributed by atoms with Crippen molar-refractivity contribution in [1.29, 1.82) is 5.26 Å². The lowest BCUT2D eigenvalue weighted by atomic mass is 9.80. The number of halogens is 1. The lowest BCUT2D eigenvalue weighted by Crippen LogP contribution is -2.46. The Morgan fingerprint density at radius 1 is 1.56 bits per heavy atom. The number of nitrogens with zero attached hydrogens (tertiary/aromatic N) is 1. The molecule has 0 saturated carbocycles. The Kier molecular flexibility index (Phi) is 2.95. The van der Waals surface area contributed by atoms with Gasteiger partial charge in [0.05, 0.1) is 11.6 Å². The van der Waals surface area contributed by atoms with Crippen molar-refractivity contribution in [3.05, 3.63) is 35.1 Å². The van der Waals surface area contributed by atoms with E-state index < -0.39 is 11.9 Å². The van der Waals surface area contributed by atoms with Crippen LogP contribution < -0.4 is 5.32 Å². The maximum Gasteiger partial charge on any atom is 0.407 e. The Labute approximate surface area is 104 Å². The zero-order valence-corrected chi connectivity index (χ0v) is 10.2. The standard InChI is InChI=1S/C13H13FN2O2/c1-13(2)7-18-12(17)16-11(13)8-3-4-10(14)9(5-8)6-15/h3-5,11H,7H2,1-2H3,(H,16,17)/t11-/m0/s1. The number of carbonyl (C=O) groups is 1. The van der Waals surface area contributed by atoms with E-state index in [0.717, 1.165) is 0 Å². The molecule has 0 aliphatic carbocycles. The van der Waals surface area contributed by atoms with Gasteiger partial charge in [-0.05, 0) is 17.7 Å². The fourth-order valence-corrected chi connectivity index (χ4v) is 2.03. The van der Waals surface area contributed by atoms with E-state index in [1.54, 1.807) is 12.1 Å². The molecule has 0 unspecified atom stereocenters. The minimum Gasteiger partial charge on any atom is -0.449 e. The Hall–Kier alpha value is -2.09. The number of cyclic esters (lactones) is 1. The fraction of sp³-hybridized carbons (Fsp3) is 0.385. The molecule has 1 aromatic carbocycles. The van der Waals surface area contributed by atoms with Gasteiger partial charge < -0.3 is 10.1 Å². The van der Waals surface area contributed by atoms with Gasteiger partial charge in [-0.1, -0.05) is 19.9 Å². The molecule has 0 bridgehead atoms. The number of hydrogen-bond donors (Lipinski definition) is 1. The topological polar surface area (TPSA) is 62.1 Å². The Morgan fingerprint density at radius 3 is 2.94 bits per heavy atom. The molecular weight excluding hydrogens is 235 g/mol. The smallest absolute Gasteiger partial charge is 0.407 e. The molecule has 1 aromatic rings. The summed E-state index contributed by atoms with van der Waals surface area (Å²) in [5.74, 6) is -0.558. The van der Waals surface area contributed by atoms with E-state index in [2.05, 4.69) is 5.32 Å². The van der Waals surface area contributed by atoms with Crippen molar-refractivity contribution in [3.8, 4) is 6.07 Å². The van der Waals surface area contributed by atoms with Crippen molar-refractivity contribution in [3.63, 3.8) is 0 Å². The molecule has 1 aliphatic heterocycles. The highest BCUT2D eigenvalue weighted by atomic mass is 19.1. The number of ether oxygens (including phenoxy) is 1. The number of alkyl carbamates (subject to hydrolysis) is 1. The summed E-state index contributed by atoms with van der Waals surface area (Å²) < 4.78 is 18.2. The second kappa shape index (κ2) is 4.30. The number of amides is 1. The van der Waals surface area contributed by atoms with Gasteiger partial charge in [0.2, 0.25) is 0 Å². The van der Waals surface area contributed by atoms with Crippen LogP contribution in [0.1, 0.15) is 31.0 Å². The molecule has 18 heavy (non-hydrogen) atoms. The van der Waals surface area contributed by atoms with Crippen LogP contribution in [0, 0.1) is 22.6 Å². The van der Waals surface area contributed by atoms with Crippen molar-refractivity contribution < 1.29 is 13.9 Å². The molecule has 0 radical (unpaired) electrons. The van der Waals surface area contributed by atoms with E-state index in [9.17, 15) is 9.18 Å². The highest BCUT2D eigenvalue weighted by Gasteiger charge is 2.38. The predicted octanol–water partition coefficient (Wildman–Crippen LogP) is 2.50. The molecule has 1 aliphatic rings. The van der Waals surface area contributed by atoms with Crippen molar-refractivity contribution in [1.82, 2.24) is 5.32 Å². The van der Waals surface area contributed by atoms with Crippen LogP contribution >= 0.6 is 0 Å². The van der Waals surface area contributed by atoms with E-state index >= 15 is 0 Å². The molecule has 4 nitrogen and oxygen atoms in total. The average Bonchev–Trinajstić information content (AvgIpc) is 2.33. The molecule has 1 N–H and O–H groups in total. The lowest BCUT2D eigenvalue weighted by Gasteiger charge is -2.38. The van der Waals surface area contributed by atoms with E-state index in [-0.39, 0.29) is 23.6 Å². The minimum absolute atomic E-state index is 0.0240. The van der Waals surface area contributed by atoms with Gasteiger partial charge in [-0.15, -0.1) is 0 Å². The van der Waals surface area contributed by atoms with Crippen molar-refractivity contribution in [2.75, 3.05) is 6.61 Å². The maximum absolute atomic E-state index is 13.3. The fourth-order valence-electron chi connectivity index (χ4n) is 2.03. The molecule has 2 rings (SSSR count). The number of rotatable bonds is 1. The number of carbonyl (C=O) groups excluding carboxylic acids is 1. The zero-order chi connectivity index (χ0) is 13.3. The summed E-state index contributed by atoms with van der Waals surface area (Å²) in [7, 11) is 0. The van der Waals surface area contributed by atoms with Gasteiger partial charge in [-0.25, -0.2) is 9.18 Å². The van der Waals surface area contributed by atoms with Gasteiger partial charge in [0, 0.05) is 5.41 Å².